The fourth-order valence-electron chi connectivity index (χ4n) is 5.28. The number of para-hydroxylation sites is 1. The van der Waals surface area contributed by atoms with Crippen LogP contribution in [0.1, 0.15) is 29.0 Å². The van der Waals surface area contributed by atoms with Crippen LogP contribution in [0, 0.1) is 5.92 Å². The molecule has 0 spiro atoms. The van der Waals surface area contributed by atoms with Gasteiger partial charge in [-0.15, -0.1) is 0 Å². The minimum absolute atomic E-state index is 0.0448. The lowest BCUT2D eigenvalue weighted by molar-refractivity contribution is 0.00804. The highest BCUT2D eigenvalue weighted by atomic mass is 16.5. The molecule has 0 bridgehead atoms. The van der Waals surface area contributed by atoms with Crippen LogP contribution in [0.25, 0.3) is 11.0 Å². The van der Waals surface area contributed by atoms with E-state index >= 15 is 0 Å². The average molecular weight is 409 g/mol. The van der Waals surface area contributed by atoms with Gasteiger partial charge in [0.1, 0.15) is 11.3 Å². The van der Waals surface area contributed by atoms with Crippen molar-refractivity contribution in [1.82, 2.24) is 4.90 Å². The molecule has 4 nitrogen and oxygen atoms in total. The normalized spacial score (nSPS) is 22.6. The van der Waals surface area contributed by atoms with Gasteiger partial charge in [-0.2, -0.15) is 0 Å². The molecule has 4 heteroatoms. The Kier molecular flexibility index (Phi) is 4.39. The van der Waals surface area contributed by atoms with Gasteiger partial charge in [0.2, 0.25) is 0 Å². The molecule has 1 aromatic heterocycles. The van der Waals surface area contributed by atoms with Crippen LogP contribution >= 0.6 is 0 Å². The van der Waals surface area contributed by atoms with Gasteiger partial charge in [-0.25, -0.2) is 4.79 Å². The van der Waals surface area contributed by atoms with Crippen LogP contribution < -0.4 is 10.4 Å². The van der Waals surface area contributed by atoms with Crippen LogP contribution in [0.15, 0.2) is 94.1 Å². The Labute approximate surface area is 180 Å². The molecule has 31 heavy (non-hydrogen) atoms. The smallest absolute Gasteiger partial charge is 0.343 e. The van der Waals surface area contributed by atoms with Gasteiger partial charge in [0.05, 0.1) is 10.9 Å². The third kappa shape index (κ3) is 3.06. The minimum atomic E-state index is -0.289. The van der Waals surface area contributed by atoms with Gasteiger partial charge in [-0.3, -0.25) is 4.90 Å². The topological polar surface area (TPSA) is 42.7 Å². The van der Waals surface area contributed by atoms with Crippen molar-refractivity contribution in [3.8, 4) is 5.75 Å². The molecule has 3 heterocycles. The summed E-state index contributed by atoms with van der Waals surface area (Å²) in [5.41, 5.74) is 3.36. The zero-order valence-corrected chi connectivity index (χ0v) is 17.1. The number of fused-ring (bicyclic) bond motifs is 4. The van der Waals surface area contributed by atoms with Gasteiger partial charge < -0.3 is 9.15 Å². The minimum Gasteiger partial charge on any atom is -0.473 e. The molecule has 2 aliphatic rings. The quantitative estimate of drug-likeness (QED) is 0.438. The molecule has 1 fully saturated rings. The third-order valence-electron chi connectivity index (χ3n) is 6.64. The van der Waals surface area contributed by atoms with Crippen LogP contribution in [0.5, 0.6) is 5.75 Å². The molecule has 154 valence electrons. The van der Waals surface area contributed by atoms with Crippen molar-refractivity contribution in [2.75, 3.05) is 6.54 Å². The Morgan fingerprint density at radius 2 is 1.58 bits per heavy atom. The van der Waals surface area contributed by atoms with Gasteiger partial charge in [0.25, 0.3) is 0 Å². The van der Waals surface area contributed by atoms with Gasteiger partial charge in [0.15, 0.2) is 6.23 Å². The highest BCUT2D eigenvalue weighted by molar-refractivity contribution is 5.85. The molecule has 2 aliphatic heterocycles. The van der Waals surface area contributed by atoms with Crippen LogP contribution in [0.4, 0.5) is 0 Å². The number of benzene rings is 3. The number of hydrogen-bond donors (Lipinski definition) is 0. The summed E-state index contributed by atoms with van der Waals surface area (Å²) in [6, 6.07) is 28.5. The van der Waals surface area contributed by atoms with Gasteiger partial charge in [-0.1, -0.05) is 72.8 Å². The van der Waals surface area contributed by atoms with Crippen LogP contribution in [-0.2, 0) is 6.54 Å². The lowest BCUT2D eigenvalue weighted by Crippen LogP contribution is -2.43. The fraction of sp³-hybridized carbons (Fsp3) is 0.222. The summed E-state index contributed by atoms with van der Waals surface area (Å²) in [5.74, 6) is 0.834. The van der Waals surface area contributed by atoms with E-state index in [1.165, 1.54) is 5.56 Å². The second-order valence-electron chi connectivity index (χ2n) is 8.43. The first kappa shape index (κ1) is 18.4. The molecule has 0 saturated carbocycles. The van der Waals surface area contributed by atoms with Crippen LogP contribution in [0.2, 0.25) is 0 Å². The summed E-state index contributed by atoms with van der Waals surface area (Å²) in [6.45, 7) is 1.77. The van der Waals surface area contributed by atoms with Crippen molar-refractivity contribution in [2.24, 2.45) is 5.92 Å². The number of hydrogen-bond acceptors (Lipinski definition) is 4. The molecule has 0 amide bonds. The zero-order valence-electron chi connectivity index (χ0n) is 17.1. The Balaban J connectivity index is 1.51. The summed E-state index contributed by atoms with van der Waals surface area (Å²) < 4.78 is 12.4. The predicted molar refractivity (Wildman–Crippen MR) is 120 cm³/mol. The van der Waals surface area contributed by atoms with Crippen molar-refractivity contribution in [3.05, 3.63) is 112 Å². The Bertz CT molecular complexity index is 1280. The SMILES string of the molecule is O=c1oc2ccccc2c2c1[C@@H](c1ccccc1)[C@@H]1CCN(Cc3ccccc3)[C@@H]1O2. The van der Waals surface area contributed by atoms with Crippen molar-refractivity contribution < 1.29 is 9.15 Å². The van der Waals surface area contributed by atoms with Crippen LogP contribution in [-0.4, -0.2) is 17.7 Å². The fourth-order valence-corrected chi connectivity index (χ4v) is 5.28. The molecule has 3 aromatic carbocycles. The molecule has 4 aromatic rings. The van der Waals surface area contributed by atoms with Gasteiger partial charge in [-0.05, 0) is 29.7 Å². The van der Waals surface area contributed by atoms with Gasteiger partial charge in [0, 0.05) is 24.9 Å². The molecule has 0 aliphatic carbocycles. The van der Waals surface area contributed by atoms with E-state index in [2.05, 4.69) is 41.3 Å². The zero-order chi connectivity index (χ0) is 20.8. The first-order chi connectivity index (χ1) is 15.3. The summed E-state index contributed by atoms with van der Waals surface area (Å²) >= 11 is 0. The van der Waals surface area contributed by atoms with E-state index in [0.717, 1.165) is 30.5 Å². The maximum atomic E-state index is 13.2. The average Bonchev–Trinajstić information content (AvgIpc) is 3.21. The van der Waals surface area contributed by atoms with E-state index in [-0.39, 0.29) is 23.7 Å². The van der Waals surface area contributed by atoms with Gasteiger partial charge >= 0.3 is 5.63 Å². The van der Waals surface area contributed by atoms with E-state index in [9.17, 15) is 4.79 Å². The van der Waals surface area contributed by atoms with Crippen molar-refractivity contribution >= 4 is 11.0 Å². The highest BCUT2D eigenvalue weighted by Gasteiger charge is 2.48. The molecular weight excluding hydrogens is 386 g/mol. The molecule has 6 rings (SSSR count). The first-order valence-electron chi connectivity index (χ1n) is 10.8. The van der Waals surface area contributed by atoms with E-state index in [4.69, 9.17) is 9.15 Å². The Hall–Kier alpha value is -3.37. The Morgan fingerprint density at radius 3 is 2.39 bits per heavy atom. The molecule has 0 unspecified atom stereocenters. The van der Waals surface area contributed by atoms with E-state index in [1.807, 2.05) is 48.5 Å². The summed E-state index contributed by atoms with van der Waals surface area (Å²) in [6.07, 6.45) is 0.895. The number of likely N-dealkylation sites (tertiary alicyclic amines) is 1. The lowest BCUT2D eigenvalue weighted by Gasteiger charge is -2.38. The molecule has 1 saturated heterocycles. The van der Waals surface area contributed by atoms with Crippen molar-refractivity contribution in [1.29, 1.82) is 0 Å². The molecule has 0 N–H and O–H groups in total. The summed E-state index contributed by atoms with van der Waals surface area (Å²) in [4.78, 5) is 15.6. The van der Waals surface area contributed by atoms with Crippen molar-refractivity contribution in [2.45, 2.75) is 25.1 Å². The number of ether oxygens (including phenoxy) is 1. The largest absolute Gasteiger partial charge is 0.473 e. The number of nitrogens with zero attached hydrogens (tertiary/aromatic N) is 1. The standard InChI is InChI=1S/C27H23NO3/c29-27-24-23(19-11-5-2-6-12-19)21-15-16-28(17-18-9-3-1-4-10-18)26(21)31-25(24)20-13-7-8-14-22(20)30-27/h1-14,21,23,26H,15-17H2/t21-,23-,26+/m0/s1. The number of rotatable bonds is 3. The predicted octanol–water partition coefficient (Wildman–Crippen LogP) is 5.17. The maximum Gasteiger partial charge on any atom is 0.343 e. The maximum absolute atomic E-state index is 13.2. The van der Waals surface area contributed by atoms with E-state index in [0.29, 0.717) is 16.9 Å². The second-order valence-corrected chi connectivity index (χ2v) is 8.43. The van der Waals surface area contributed by atoms with E-state index in [1.54, 1.807) is 0 Å². The molecular formula is C27H23NO3. The Morgan fingerprint density at radius 1 is 0.871 bits per heavy atom. The lowest BCUT2D eigenvalue weighted by atomic mass is 9.77. The summed E-state index contributed by atoms with van der Waals surface area (Å²) in [5, 5.41) is 0.864. The molecule has 0 radical (unpaired) electrons. The van der Waals surface area contributed by atoms with E-state index < -0.39 is 0 Å². The monoisotopic (exact) mass is 409 g/mol. The van der Waals surface area contributed by atoms with Crippen molar-refractivity contribution in [3.63, 3.8) is 0 Å². The third-order valence-corrected chi connectivity index (χ3v) is 6.64. The first-order valence-corrected chi connectivity index (χ1v) is 10.8. The molecule has 3 atom stereocenters. The van der Waals surface area contributed by atoms with Crippen LogP contribution in [0.3, 0.4) is 0 Å². The summed E-state index contributed by atoms with van der Waals surface area (Å²) in [7, 11) is 0. The second kappa shape index (κ2) is 7.40. The highest BCUT2D eigenvalue weighted by Crippen LogP contribution is 2.49.